The van der Waals surface area contributed by atoms with Crippen molar-refractivity contribution < 1.29 is 4.74 Å². The first kappa shape index (κ1) is 14.5. The molecule has 1 fully saturated rings. The second kappa shape index (κ2) is 7.66. The molecule has 1 N–H and O–H groups in total. The van der Waals surface area contributed by atoms with Gasteiger partial charge in [0.15, 0.2) is 0 Å². The van der Waals surface area contributed by atoms with Crippen LogP contribution in [0.2, 0.25) is 0 Å². The van der Waals surface area contributed by atoms with Crippen LogP contribution in [-0.4, -0.2) is 25.8 Å². The van der Waals surface area contributed by atoms with Gasteiger partial charge in [0.2, 0.25) is 0 Å². The highest BCUT2D eigenvalue weighted by molar-refractivity contribution is 5.21. The minimum absolute atomic E-state index is 0.540. The Balaban J connectivity index is 2.15. The Labute approximate surface area is 117 Å². The molecule has 1 heterocycles. The summed E-state index contributed by atoms with van der Waals surface area (Å²) in [6, 6.07) is 11.5. The first-order valence-corrected chi connectivity index (χ1v) is 7.72. The summed E-state index contributed by atoms with van der Waals surface area (Å²) >= 11 is 0. The third kappa shape index (κ3) is 3.80. The molecule has 2 heteroatoms. The summed E-state index contributed by atoms with van der Waals surface area (Å²) in [7, 11) is 0. The molecule has 1 aliphatic rings. The van der Waals surface area contributed by atoms with E-state index in [1.54, 1.807) is 0 Å². The Morgan fingerprint density at radius 2 is 2.05 bits per heavy atom. The van der Waals surface area contributed by atoms with Crippen molar-refractivity contribution in [3.05, 3.63) is 35.9 Å². The zero-order valence-electron chi connectivity index (χ0n) is 12.3. The highest BCUT2D eigenvalue weighted by atomic mass is 16.5. The van der Waals surface area contributed by atoms with Crippen LogP contribution >= 0.6 is 0 Å². The first-order chi connectivity index (χ1) is 9.36. The molecular weight excluding hydrogens is 234 g/mol. The van der Waals surface area contributed by atoms with E-state index >= 15 is 0 Å². The summed E-state index contributed by atoms with van der Waals surface area (Å²) in [4.78, 5) is 0. The molecule has 0 amide bonds. The normalized spacial score (nSPS) is 22.9. The first-order valence-electron chi connectivity index (χ1n) is 7.72. The van der Waals surface area contributed by atoms with Gasteiger partial charge in [-0.15, -0.1) is 0 Å². The third-order valence-electron chi connectivity index (χ3n) is 4.24. The summed E-state index contributed by atoms with van der Waals surface area (Å²) in [6.45, 7) is 7.39. The van der Waals surface area contributed by atoms with E-state index < -0.39 is 0 Å². The van der Waals surface area contributed by atoms with Crippen LogP contribution in [0.25, 0.3) is 0 Å². The van der Waals surface area contributed by atoms with E-state index in [2.05, 4.69) is 49.5 Å². The fourth-order valence-corrected chi connectivity index (χ4v) is 3.32. The van der Waals surface area contributed by atoms with E-state index in [9.17, 15) is 0 Å². The van der Waals surface area contributed by atoms with Crippen molar-refractivity contribution >= 4 is 0 Å². The molecule has 0 radical (unpaired) electrons. The summed E-state index contributed by atoms with van der Waals surface area (Å²) in [5, 5.41) is 3.72. The van der Waals surface area contributed by atoms with Crippen molar-refractivity contribution in [2.45, 2.75) is 45.1 Å². The van der Waals surface area contributed by atoms with Crippen LogP contribution in [0.5, 0.6) is 0 Å². The molecule has 3 atom stereocenters. The van der Waals surface area contributed by atoms with Crippen molar-refractivity contribution in [2.75, 3.05) is 19.8 Å². The molecule has 0 bridgehead atoms. The molecule has 1 aromatic carbocycles. The van der Waals surface area contributed by atoms with Gasteiger partial charge in [-0.25, -0.2) is 0 Å². The topological polar surface area (TPSA) is 21.3 Å². The average molecular weight is 261 g/mol. The molecule has 0 saturated carbocycles. The smallest absolute Gasteiger partial charge is 0.0509 e. The number of hydrogen-bond acceptors (Lipinski definition) is 2. The van der Waals surface area contributed by atoms with Crippen molar-refractivity contribution in [2.24, 2.45) is 5.92 Å². The highest BCUT2D eigenvalue weighted by Gasteiger charge is 2.30. The van der Waals surface area contributed by atoms with E-state index in [-0.39, 0.29) is 0 Å². The highest BCUT2D eigenvalue weighted by Crippen LogP contribution is 2.31. The standard InChI is InChI=1S/C17H27NO/c1-3-16(14-9-6-5-7-10-14)17(18-4-2)15-11-8-12-19-13-15/h5-7,9-10,15-18H,3-4,8,11-13H2,1-2H3. The maximum Gasteiger partial charge on any atom is 0.0509 e. The van der Waals surface area contributed by atoms with Gasteiger partial charge >= 0.3 is 0 Å². The quantitative estimate of drug-likeness (QED) is 0.845. The Bertz CT molecular complexity index is 346. The van der Waals surface area contributed by atoms with Crippen LogP contribution < -0.4 is 5.32 Å². The number of ether oxygens (including phenoxy) is 1. The van der Waals surface area contributed by atoms with E-state index in [4.69, 9.17) is 4.74 Å². The van der Waals surface area contributed by atoms with Crippen LogP contribution in [-0.2, 0) is 4.74 Å². The SMILES string of the molecule is CCNC(C1CCCOC1)C(CC)c1ccccc1. The van der Waals surface area contributed by atoms with Crippen molar-refractivity contribution in [1.29, 1.82) is 0 Å². The summed E-state index contributed by atoms with van der Waals surface area (Å²) in [6.07, 6.45) is 3.68. The predicted octanol–water partition coefficient (Wildman–Crippen LogP) is 3.58. The minimum atomic E-state index is 0.540. The number of hydrogen-bond donors (Lipinski definition) is 1. The fourth-order valence-electron chi connectivity index (χ4n) is 3.32. The van der Waals surface area contributed by atoms with E-state index in [1.165, 1.54) is 24.8 Å². The lowest BCUT2D eigenvalue weighted by Crippen LogP contribution is -2.44. The lowest BCUT2D eigenvalue weighted by Gasteiger charge is -2.36. The lowest BCUT2D eigenvalue weighted by atomic mass is 9.79. The van der Waals surface area contributed by atoms with Gasteiger partial charge in [0.05, 0.1) is 6.61 Å². The van der Waals surface area contributed by atoms with Gasteiger partial charge in [0.1, 0.15) is 0 Å². The van der Waals surface area contributed by atoms with Gasteiger partial charge in [-0.3, -0.25) is 0 Å². The zero-order valence-corrected chi connectivity index (χ0v) is 12.3. The molecule has 1 aliphatic heterocycles. The number of rotatable bonds is 6. The molecular formula is C17H27NO. The number of nitrogens with one attached hydrogen (secondary N) is 1. The molecule has 1 saturated heterocycles. The number of benzene rings is 1. The largest absolute Gasteiger partial charge is 0.381 e. The number of likely N-dealkylation sites (N-methyl/N-ethyl adjacent to an activating group) is 1. The van der Waals surface area contributed by atoms with Crippen molar-refractivity contribution in [3.8, 4) is 0 Å². The molecule has 0 aromatic heterocycles. The summed E-state index contributed by atoms with van der Waals surface area (Å²) < 4.78 is 5.70. The Morgan fingerprint density at radius 3 is 2.63 bits per heavy atom. The fraction of sp³-hybridized carbons (Fsp3) is 0.647. The Morgan fingerprint density at radius 1 is 1.26 bits per heavy atom. The van der Waals surface area contributed by atoms with Crippen LogP contribution in [0.1, 0.15) is 44.6 Å². The lowest BCUT2D eigenvalue weighted by molar-refractivity contribution is 0.0346. The summed E-state index contributed by atoms with van der Waals surface area (Å²) in [5.74, 6) is 1.24. The van der Waals surface area contributed by atoms with Gasteiger partial charge in [-0.2, -0.15) is 0 Å². The Kier molecular flexibility index (Phi) is 5.87. The van der Waals surface area contributed by atoms with Crippen LogP contribution in [0.4, 0.5) is 0 Å². The maximum absolute atomic E-state index is 5.70. The average Bonchev–Trinajstić information content (AvgIpc) is 2.49. The van der Waals surface area contributed by atoms with Gasteiger partial charge in [0, 0.05) is 12.6 Å². The van der Waals surface area contributed by atoms with Crippen molar-refractivity contribution in [3.63, 3.8) is 0 Å². The van der Waals surface area contributed by atoms with Crippen LogP contribution in [0, 0.1) is 5.92 Å². The summed E-state index contributed by atoms with van der Waals surface area (Å²) in [5.41, 5.74) is 1.46. The zero-order chi connectivity index (χ0) is 13.5. The van der Waals surface area contributed by atoms with Gasteiger partial charge < -0.3 is 10.1 Å². The van der Waals surface area contributed by atoms with Crippen LogP contribution in [0.15, 0.2) is 30.3 Å². The van der Waals surface area contributed by atoms with Gasteiger partial charge in [0.25, 0.3) is 0 Å². The molecule has 2 nitrogen and oxygen atoms in total. The van der Waals surface area contributed by atoms with E-state index in [0.29, 0.717) is 17.9 Å². The second-order valence-corrected chi connectivity index (χ2v) is 5.49. The van der Waals surface area contributed by atoms with E-state index in [1.807, 2.05) is 0 Å². The predicted molar refractivity (Wildman–Crippen MR) is 80.5 cm³/mol. The van der Waals surface area contributed by atoms with Gasteiger partial charge in [-0.05, 0) is 43.2 Å². The third-order valence-corrected chi connectivity index (χ3v) is 4.24. The molecule has 1 aromatic rings. The minimum Gasteiger partial charge on any atom is -0.381 e. The van der Waals surface area contributed by atoms with Gasteiger partial charge in [-0.1, -0.05) is 44.2 Å². The molecule has 19 heavy (non-hydrogen) atoms. The maximum atomic E-state index is 5.70. The molecule has 2 rings (SSSR count). The molecule has 0 spiro atoms. The second-order valence-electron chi connectivity index (χ2n) is 5.49. The monoisotopic (exact) mass is 261 g/mol. The molecule has 106 valence electrons. The Hall–Kier alpha value is -0.860. The molecule has 0 aliphatic carbocycles. The van der Waals surface area contributed by atoms with Crippen molar-refractivity contribution in [1.82, 2.24) is 5.32 Å². The van der Waals surface area contributed by atoms with Crippen LogP contribution in [0.3, 0.4) is 0 Å². The van der Waals surface area contributed by atoms with E-state index in [0.717, 1.165) is 19.8 Å². The molecule has 3 unspecified atom stereocenters.